The molecule has 0 aliphatic carbocycles. The Bertz CT molecular complexity index is 729. The monoisotopic (exact) mass is 340 g/mol. The summed E-state index contributed by atoms with van der Waals surface area (Å²) >= 11 is 1.54. The van der Waals surface area contributed by atoms with Crippen molar-refractivity contribution < 1.29 is 9.59 Å². The van der Waals surface area contributed by atoms with Gasteiger partial charge in [0.15, 0.2) is 0 Å². The molecule has 0 N–H and O–H groups in total. The zero-order valence-corrected chi connectivity index (χ0v) is 14.2. The summed E-state index contributed by atoms with van der Waals surface area (Å²) in [5.74, 6) is 1.03. The van der Waals surface area contributed by atoms with Crippen molar-refractivity contribution in [1.82, 2.24) is 9.80 Å². The Morgan fingerprint density at radius 2 is 1.88 bits per heavy atom. The van der Waals surface area contributed by atoms with Crippen LogP contribution in [-0.4, -0.2) is 41.2 Å². The lowest BCUT2D eigenvalue weighted by Gasteiger charge is -2.34. The molecule has 1 aromatic carbocycles. The van der Waals surface area contributed by atoms with E-state index < -0.39 is 0 Å². The molecular weight excluding hydrogens is 320 g/mol. The summed E-state index contributed by atoms with van der Waals surface area (Å²) in [5, 5.41) is 3.83. The summed E-state index contributed by atoms with van der Waals surface area (Å²) in [4.78, 5) is 28.9. The molecule has 2 fully saturated rings. The molecular formula is C19H20N2O2S. The van der Waals surface area contributed by atoms with E-state index in [9.17, 15) is 9.59 Å². The molecule has 2 aliphatic rings. The van der Waals surface area contributed by atoms with Gasteiger partial charge in [0.1, 0.15) is 0 Å². The minimum absolute atomic E-state index is 0.104. The maximum Gasteiger partial charge on any atom is 0.254 e. The summed E-state index contributed by atoms with van der Waals surface area (Å²) in [6.07, 6.45) is 0.560. The second-order valence-electron chi connectivity index (χ2n) is 6.71. The van der Waals surface area contributed by atoms with Crippen molar-refractivity contribution in [3.63, 3.8) is 0 Å². The van der Waals surface area contributed by atoms with Crippen LogP contribution in [0.4, 0.5) is 0 Å². The van der Waals surface area contributed by atoms with Crippen LogP contribution < -0.4 is 0 Å². The number of thiophene rings is 1. The lowest BCUT2D eigenvalue weighted by Crippen LogP contribution is -2.43. The molecule has 2 amide bonds. The van der Waals surface area contributed by atoms with Gasteiger partial charge in [0.05, 0.1) is 5.56 Å². The van der Waals surface area contributed by atoms with Gasteiger partial charge in [-0.1, -0.05) is 30.3 Å². The molecule has 4 nitrogen and oxygen atoms in total. The predicted octanol–water partition coefficient (Wildman–Crippen LogP) is 2.87. The summed E-state index contributed by atoms with van der Waals surface area (Å²) in [7, 11) is 0. The minimum Gasteiger partial charge on any atom is -0.338 e. The number of likely N-dealkylation sites (tertiary alicyclic amines) is 2. The van der Waals surface area contributed by atoms with Crippen molar-refractivity contribution in [2.24, 2.45) is 11.8 Å². The highest BCUT2D eigenvalue weighted by atomic mass is 32.1. The number of benzene rings is 1. The summed E-state index contributed by atoms with van der Waals surface area (Å²) in [6, 6.07) is 12.0. The SMILES string of the molecule is O=C1C[C@H]2CN(C(=O)c3ccsc3)C[C@H]2CN1Cc1ccccc1. The predicted molar refractivity (Wildman–Crippen MR) is 93.7 cm³/mol. The van der Waals surface area contributed by atoms with Gasteiger partial charge in [0.25, 0.3) is 5.91 Å². The van der Waals surface area contributed by atoms with Crippen LogP contribution in [0.5, 0.6) is 0 Å². The molecule has 0 spiro atoms. The van der Waals surface area contributed by atoms with Gasteiger partial charge in [-0.3, -0.25) is 9.59 Å². The number of carbonyl (C=O) groups excluding carboxylic acids is 2. The van der Waals surface area contributed by atoms with Crippen molar-refractivity contribution in [2.45, 2.75) is 13.0 Å². The zero-order valence-electron chi connectivity index (χ0n) is 13.4. The van der Waals surface area contributed by atoms with E-state index in [4.69, 9.17) is 0 Å². The molecule has 5 heteroatoms. The second kappa shape index (κ2) is 6.40. The van der Waals surface area contributed by atoms with E-state index in [2.05, 4.69) is 12.1 Å². The largest absolute Gasteiger partial charge is 0.338 e. The van der Waals surface area contributed by atoms with Gasteiger partial charge in [-0.05, 0) is 28.8 Å². The van der Waals surface area contributed by atoms with Crippen molar-refractivity contribution in [2.75, 3.05) is 19.6 Å². The third kappa shape index (κ3) is 2.96. The maximum absolute atomic E-state index is 12.5. The molecule has 2 aromatic rings. The molecule has 2 atom stereocenters. The number of nitrogens with zero attached hydrogens (tertiary/aromatic N) is 2. The fourth-order valence-electron chi connectivity index (χ4n) is 3.81. The lowest BCUT2D eigenvalue weighted by molar-refractivity contribution is -0.136. The molecule has 2 saturated heterocycles. The average Bonchev–Trinajstić information content (AvgIpc) is 3.25. The van der Waals surface area contributed by atoms with E-state index >= 15 is 0 Å². The van der Waals surface area contributed by atoms with Gasteiger partial charge in [-0.25, -0.2) is 0 Å². The van der Waals surface area contributed by atoms with E-state index in [1.54, 1.807) is 11.3 Å². The molecule has 0 radical (unpaired) electrons. The summed E-state index contributed by atoms with van der Waals surface area (Å²) in [5.41, 5.74) is 1.93. The number of piperidine rings is 1. The highest BCUT2D eigenvalue weighted by molar-refractivity contribution is 7.08. The molecule has 3 heterocycles. The van der Waals surface area contributed by atoms with E-state index in [-0.39, 0.29) is 11.8 Å². The van der Waals surface area contributed by atoms with Gasteiger partial charge in [-0.15, -0.1) is 0 Å². The van der Waals surface area contributed by atoms with Crippen molar-refractivity contribution >= 4 is 23.2 Å². The third-order valence-electron chi connectivity index (χ3n) is 5.09. The van der Waals surface area contributed by atoms with Crippen LogP contribution in [0.15, 0.2) is 47.2 Å². The Hall–Kier alpha value is -2.14. The van der Waals surface area contributed by atoms with E-state index in [1.165, 1.54) is 0 Å². The lowest BCUT2D eigenvalue weighted by atomic mass is 9.88. The van der Waals surface area contributed by atoms with E-state index in [0.717, 1.165) is 24.2 Å². The first kappa shape index (κ1) is 15.4. The zero-order chi connectivity index (χ0) is 16.5. The number of fused-ring (bicyclic) bond motifs is 1. The topological polar surface area (TPSA) is 40.6 Å². The van der Waals surface area contributed by atoms with Gasteiger partial charge < -0.3 is 9.80 Å². The standard InChI is InChI=1S/C19H20N2O2S/c22-18-8-16-10-21(19(23)15-6-7-24-13-15)12-17(16)11-20(18)9-14-4-2-1-3-5-14/h1-7,13,16-17H,8-12H2/t16-,17+/m0/s1. The molecule has 2 aliphatic heterocycles. The summed E-state index contributed by atoms with van der Waals surface area (Å²) < 4.78 is 0. The van der Waals surface area contributed by atoms with Crippen molar-refractivity contribution in [3.05, 3.63) is 58.3 Å². The van der Waals surface area contributed by atoms with Crippen LogP contribution in [0, 0.1) is 11.8 Å². The van der Waals surface area contributed by atoms with Gasteiger partial charge in [0, 0.05) is 38.0 Å². The Labute approximate surface area is 145 Å². The number of rotatable bonds is 3. The van der Waals surface area contributed by atoms with E-state index in [1.807, 2.05) is 44.8 Å². The fraction of sp³-hybridized carbons (Fsp3) is 0.368. The van der Waals surface area contributed by atoms with Crippen LogP contribution in [0.3, 0.4) is 0 Å². The Balaban J connectivity index is 1.43. The number of hydrogen-bond acceptors (Lipinski definition) is 3. The maximum atomic E-state index is 12.5. The number of amides is 2. The van der Waals surface area contributed by atoms with Crippen LogP contribution in [0.2, 0.25) is 0 Å². The van der Waals surface area contributed by atoms with Crippen LogP contribution >= 0.6 is 11.3 Å². The molecule has 24 heavy (non-hydrogen) atoms. The quantitative estimate of drug-likeness (QED) is 0.862. The average molecular weight is 340 g/mol. The molecule has 0 unspecified atom stereocenters. The number of hydrogen-bond donors (Lipinski definition) is 0. The normalized spacial score (nSPS) is 23.4. The summed E-state index contributed by atoms with van der Waals surface area (Å²) in [6.45, 7) is 2.90. The van der Waals surface area contributed by atoms with Crippen molar-refractivity contribution in [3.8, 4) is 0 Å². The highest BCUT2D eigenvalue weighted by Crippen LogP contribution is 2.33. The minimum atomic E-state index is 0.104. The Morgan fingerprint density at radius 3 is 2.62 bits per heavy atom. The van der Waals surface area contributed by atoms with Gasteiger partial charge in [0.2, 0.25) is 5.91 Å². The third-order valence-corrected chi connectivity index (χ3v) is 5.78. The van der Waals surface area contributed by atoms with Crippen molar-refractivity contribution in [1.29, 1.82) is 0 Å². The fourth-order valence-corrected chi connectivity index (χ4v) is 4.44. The molecule has 0 bridgehead atoms. The van der Waals surface area contributed by atoms with Crippen LogP contribution in [0.1, 0.15) is 22.3 Å². The highest BCUT2D eigenvalue weighted by Gasteiger charge is 2.41. The first-order chi connectivity index (χ1) is 11.7. The van der Waals surface area contributed by atoms with Gasteiger partial charge >= 0.3 is 0 Å². The molecule has 1 aromatic heterocycles. The smallest absolute Gasteiger partial charge is 0.254 e. The first-order valence-electron chi connectivity index (χ1n) is 8.34. The molecule has 0 saturated carbocycles. The van der Waals surface area contributed by atoms with Gasteiger partial charge in [-0.2, -0.15) is 11.3 Å². The molecule has 4 rings (SSSR count). The van der Waals surface area contributed by atoms with Crippen LogP contribution in [-0.2, 0) is 11.3 Å². The van der Waals surface area contributed by atoms with Crippen LogP contribution in [0.25, 0.3) is 0 Å². The Morgan fingerprint density at radius 1 is 1.08 bits per heavy atom. The van der Waals surface area contributed by atoms with E-state index in [0.29, 0.717) is 31.3 Å². The second-order valence-corrected chi connectivity index (χ2v) is 7.49. The Kier molecular flexibility index (Phi) is 4.10. The first-order valence-corrected chi connectivity index (χ1v) is 9.28. The number of carbonyl (C=O) groups is 2. The molecule has 124 valence electrons.